The second-order valence-electron chi connectivity index (χ2n) is 5.16. The number of sulfonamides is 1. The molecule has 0 fully saturated rings. The molecule has 6 nitrogen and oxygen atoms in total. The van der Waals surface area contributed by atoms with Gasteiger partial charge in [0.25, 0.3) is 5.91 Å². The second-order valence-corrected chi connectivity index (χ2v) is 7.17. The minimum Gasteiger partial charge on any atom is -0.352 e. The quantitative estimate of drug-likeness (QED) is 0.755. The fourth-order valence-electron chi connectivity index (χ4n) is 1.81. The lowest BCUT2D eigenvalue weighted by molar-refractivity contribution is 0.0953. The monoisotopic (exact) mass is 313 g/mol. The summed E-state index contributed by atoms with van der Waals surface area (Å²) >= 11 is 0. The second kappa shape index (κ2) is 7.42. The molecule has 0 bridgehead atoms. The van der Waals surface area contributed by atoms with Crippen molar-refractivity contribution in [2.75, 3.05) is 44.8 Å². The van der Waals surface area contributed by atoms with Crippen molar-refractivity contribution < 1.29 is 13.2 Å². The van der Waals surface area contributed by atoms with E-state index in [1.807, 2.05) is 19.0 Å². The van der Waals surface area contributed by atoms with Gasteiger partial charge in [0.2, 0.25) is 10.0 Å². The number of benzene rings is 1. The predicted octanol–water partition coefficient (Wildman–Crippen LogP) is 0.764. The molecule has 0 aliphatic carbocycles. The van der Waals surface area contributed by atoms with Gasteiger partial charge < -0.3 is 10.2 Å². The van der Waals surface area contributed by atoms with Crippen molar-refractivity contribution in [2.24, 2.45) is 0 Å². The molecule has 0 spiro atoms. The maximum Gasteiger partial charge on any atom is 0.253 e. The average Bonchev–Trinajstić information content (AvgIpc) is 2.41. The van der Waals surface area contributed by atoms with Gasteiger partial charge in [-0.1, -0.05) is 12.1 Å². The maximum atomic E-state index is 12.2. The van der Waals surface area contributed by atoms with E-state index in [2.05, 4.69) is 5.32 Å². The van der Waals surface area contributed by atoms with Crippen LogP contribution in [0.4, 0.5) is 5.69 Å². The van der Waals surface area contributed by atoms with E-state index in [9.17, 15) is 13.2 Å². The number of para-hydroxylation sites is 1. The topological polar surface area (TPSA) is 69.7 Å². The average molecular weight is 313 g/mol. The summed E-state index contributed by atoms with van der Waals surface area (Å²) in [5, 5.41) is 2.81. The molecule has 0 unspecified atom stereocenters. The van der Waals surface area contributed by atoms with Crippen LogP contribution in [0, 0.1) is 0 Å². The van der Waals surface area contributed by atoms with Gasteiger partial charge in [-0.2, -0.15) is 0 Å². The fraction of sp³-hybridized carbons (Fsp3) is 0.500. The zero-order chi connectivity index (χ0) is 16.0. The maximum absolute atomic E-state index is 12.2. The molecule has 7 heteroatoms. The number of hydrogen-bond acceptors (Lipinski definition) is 4. The van der Waals surface area contributed by atoms with E-state index in [1.165, 1.54) is 7.05 Å². The molecule has 0 saturated carbocycles. The Balaban J connectivity index is 2.81. The number of hydrogen-bond donors (Lipinski definition) is 1. The summed E-state index contributed by atoms with van der Waals surface area (Å²) in [5.41, 5.74) is 0.736. The van der Waals surface area contributed by atoms with Crippen LogP contribution in [-0.4, -0.2) is 59.7 Å². The Morgan fingerprint density at radius 1 is 1.19 bits per heavy atom. The van der Waals surface area contributed by atoms with Crippen LogP contribution in [0.25, 0.3) is 0 Å². The lowest BCUT2D eigenvalue weighted by Gasteiger charge is -2.19. The first kappa shape index (κ1) is 17.5. The van der Waals surface area contributed by atoms with Crippen LogP contribution in [0.15, 0.2) is 24.3 Å². The van der Waals surface area contributed by atoms with Gasteiger partial charge in [0.15, 0.2) is 0 Å². The van der Waals surface area contributed by atoms with E-state index in [4.69, 9.17) is 0 Å². The molecule has 0 heterocycles. The standard InChI is InChI=1S/C14H23N3O3S/c1-16(2)11-7-10-15-14(18)12-8-5-6-9-13(12)17(3)21(4,19)20/h5-6,8-9H,7,10-11H2,1-4H3,(H,15,18). The SMILES string of the molecule is CN(C)CCCNC(=O)c1ccccc1N(C)S(C)(=O)=O. The molecule has 118 valence electrons. The van der Waals surface area contributed by atoms with Gasteiger partial charge in [-0.05, 0) is 39.2 Å². The Morgan fingerprint density at radius 3 is 2.38 bits per heavy atom. The van der Waals surface area contributed by atoms with E-state index >= 15 is 0 Å². The Kier molecular flexibility index (Phi) is 6.17. The molecule has 0 aliphatic rings. The van der Waals surface area contributed by atoms with Crippen LogP contribution in [0.1, 0.15) is 16.8 Å². The number of nitrogens with one attached hydrogen (secondary N) is 1. The van der Waals surface area contributed by atoms with Gasteiger partial charge in [-0.25, -0.2) is 8.42 Å². The van der Waals surface area contributed by atoms with Crippen LogP contribution < -0.4 is 9.62 Å². The highest BCUT2D eigenvalue weighted by atomic mass is 32.2. The third kappa shape index (κ3) is 5.35. The highest BCUT2D eigenvalue weighted by molar-refractivity contribution is 7.92. The molecule has 0 radical (unpaired) electrons. The summed E-state index contributed by atoms with van der Waals surface area (Å²) in [6.45, 7) is 1.43. The number of nitrogens with zero attached hydrogens (tertiary/aromatic N) is 2. The molecule has 1 amide bonds. The Bertz CT molecular complexity index is 585. The molecule has 21 heavy (non-hydrogen) atoms. The highest BCUT2D eigenvalue weighted by Gasteiger charge is 2.18. The van der Waals surface area contributed by atoms with Gasteiger partial charge in [-0.3, -0.25) is 9.10 Å². The van der Waals surface area contributed by atoms with E-state index < -0.39 is 10.0 Å². The minimum atomic E-state index is -3.40. The molecule has 1 aromatic carbocycles. The van der Waals surface area contributed by atoms with Crippen molar-refractivity contribution in [3.63, 3.8) is 0 Å². The summed E-state index contributed by atoms with van der Waals surface area (Å²) in [6, 6.07) is 6.67. The number of carbonyl (C=O) groups is 1. The molecule has 1 N–H and O–H groups in total. The molecule has 0 saturated heterocycles. The van der Waals surface area contributed by atoms with Crippen LogP contribution in [0.3, 0.4) is 0 Å². The Labute approximate surface area is 126 Å². The van der Waals surface area contributed by atoms with Crippen LogP contribution >= 0.6 is 0 Å². The summed E-state index contributed by atoms with van der Waals surface area (Å²) in [6.07, 6.45) is 1.95. The lowest BCUT2D eigenvalue weighted by atomic mass is 10.1. The highest BCUT2D eigenvalue weighted by Crippen LogP contribution is 2.21. The molecule has 0 atom stereocenters. The fourth-order valence-corrected chi connectivity index (χ4v) is 2.33. The van der Waals surface area contributed by atoms with Gasteiger partial charge in [-0.15, -0.1) is 0 Å². The summed E-state index contributed by atoms with van der Waals surface area (Å²) in [7, 11) is 1.98. The van der Waals surface area contributed by atoms with Gasteiger partial charge in [0.05, 0.1) is 17.5 Å². The van der Waals surface area contributed by atoms with E-state index in [0.717, 1.165) is 23.5 Å². The number of amides is 1. The summed E-state index contributed by atoms with van der Waals surface area (Å²) in [5.74, 6) is -0.264. The van der Waals surface area contributed by atoms with Crippen molar-refractivity contribution in [3.05, 3.63) is 29.8 Å². The van der Waals surface area contributed by atoms with Crippen molar-refractivity contribution in [1.82, 2.24) is 10.2 Å². The number of rotatable bonds is 7. The van der Waals surface area contributed by atoms with E-state index in [1.54, 1.807) is 24.3 Å². The minimum absolute atomic E-state index is 0.264. The lowest BCUT2D eigenvalue weighted by Crippen LogP contribution is -2.31. The first-order chi connectivity index (χ1) is 9.73. The van der Waals surface area contributed by atoms with Crippen LogP contribution in [-0.2, 0) is 10.0 Å². The molecule has 1 aromatic rings. The zero-order valence-corrected chi connectivity index (χ0v) is 13.8. The van der Waals surface area contributed by atoms with Crippen molar-refractivity contribution >= 4 is 21.6 Å². The third-order valence-corrected chi connectivity index (χ3v) is 4.24. The van der Waals surface area contributed by atoms with Gasteiger partial charge >= 0.3 is 0 Å². The van der Waals surface area contributed by atoms with E-state index in [-0.39, 0.29) is 5.91 Å². The van der Waals surface area contributed by atoms with E-state index in [0.29, 0.717) is 17.8 Å². The smallest absolute Gasteiger partial charge is 0.253 e. The molecular formula is C14H23N3O3S. The molecule has 0 aromatic heterocycles. The molecule has 0 aliphatic heterocycles. The molecule has 1 rings (SSSR count). The van der Waals surface area contributed by atoms with Gasteiger partial charge in [0.1, 0.15) is 0 Å². The third-order valence-electron chi connectivity index (χ3n) is 3.05. The largest absolute Gasteiger partial charge is 0.352 e. The first-order valence-corrected chi connectivity index (χ1v) is 8.54. The normalized spacial score (nSPS) is 11.5. The first-order valence-electron chi connectivity index (χ1n) is 6.69. The van der Waals surface area contributed by atoms with Gasteiger partial charge in [0, 0.05) is 13.6 Å². The summed E-state index contributed by atoms with van der Waals surface area (Å²) in [4.78, 5) is 14.2. The number of carbonyl (C=O) groups excluding carboxylic acids is 1. The summed E-state index contributed by atoms with van der Waals surface area (Å²) < 4.78 is 24.4. The van der Waals surface area contributed by atoms with Crippen molar-refractivity contribution in [3.8, 4) is 0 Å². The number of anilines is 1. The van der Waals surface area contributed by atoms with Crippen LogP contribution in [0.5, 0.6) is 0 Å². The zero-order valence-electron chi connectivity index (χ0n) is 13.0. The van der Waals surface area contributed by atoms with Crippen molar-refractivity contribution in [1.29, 1.82) is 0 Å². The predicted molar refractivity (Wildman–Crippen MR) is 85.2 cm³/mol. The van der Waals surface area contributed by atoms with Crippen LogP contribution in [0.2, 0.25) is 0 Å². The Morgan fingerprint density at radius 2 is 1.81 bits per heavy atom. The van der Waals surface area contributed by atoms with Crippen molar-refractivity contribution in [2.45, 2.75) is 6.42 Å². The Hall–Kier alpha value is -1.60. The molecular weight excluding hydrogens is 290 g/mol.